The molecule has 0 unspecified atom stereocenters. The van der Waals surface area contributed by atoms with Crippen LogP contribution in [-0.4, -0.2) is 23.9 Å². The molecule has 1 aliphatic heterocycles. The van der Waals surface area contributed by atoms with Gasteiger partial charge in [-0.15, -0.1) is 0 Å². The van der Waals surface area contributed by atoms with Gasteiger partial charge in [0.05, 0.1) is 12.7 Å². The molecule has 0 aromatic heterocycles. The maximum absolute atomic E-state index is 12.1. The van der Waals surface area contributed by atoms with Gasteiger partial charge in [0.2, 0.25) is 0 Å². The number of nitrogens with zero attached hydrogens (tertiary/aromatic N) is 1. The molecule has 4 heteroatoms. The fraction of sp³-hybridized carbons (Fsp3) is 0.143. The molecule has 1 aromatic carbocycles. The number of ether oxygens (including phenoxy) is 1. The van der Waals surface area contributed by atoms with Crippen LogP contribution in [0.4, 0.5) is 0 Å². The molecular formula is C14H13NO3. The lowest BCUT2D eigenvalue weighted by molar-refractivity contribution is -0.136. The molecule has 0 saturated carbocycles. The van der Waals surface area contributed by atoms with Crippen LogP contribution in [0.25, 0.3) is 0 Å². The predicted molar refractivity (Wildman–Crippen MR) is 66.5 cm³/mol. The van der Waals surface area contributed by atoms with Gasteiger partial charge in [0.25, 0.3) is 5.91 Å². The number of rotatable bonds is 2. The average Bonchev–Trinajstić information content (AvgIpc) is 2.46. The van der Waals surface area contributed by atoms with Gasteiger partial charge < -0.3 is 4.74 Å². The summed E-state index contributed by atoms with van der Waals surface area (Å²) in [7, 11) is 1.32. The number of allylic oxidation sites excluding steroid dienone is 1. The van der Waals surface area contributed by atoms with Crippen molar-refractivity contribution < 1.29 is 14.3 Å². The summed E-state index contributed by atoms with van der Waals surface area (Å²) in [5.41, 5.74) is 1.04. The molecule has 4 nitrogen and oxygen atoms in total. The molecule has 1 aliphatic rings. The van der Waals surface area contributed by atoms with Crippen LogP contribution >= 0.6 is 0 Å². The van der Waals surface area contributed by atoms with E-state index in [4.69, 9.17) is 0 Å². The second-order valence-electron chi connectivity index (χ2n) is 3.81. The van der Waals surface area contributed by atoms with Crippen LogP contribution in [0.1, 0.15) is 16.8 Å². The van der Waals surface area contributed by atoms with Gasteiger partial charge in [0, 0.05) is 24.4 Å². The third-order valence-electron chi connectivity index (χ3n) is 2.60. The summed E-state index contributed by atoms with van der Waals surface area (Å²) in [5.74, 6) is -0.585. The van der Waals surface area contributed by atoms with E-state index >= 15 is 0 Å². The molecule has 0 saturated heterocycles. The second kappa shape index (κ2) is 5.31. The smallest absolute Gasteiger partial charge is 0.335 e. The van der Waals surface area contributed by atoms with E-state index in [1.807, 2.05) is 6.07 Å². The van der Waals surface area contributed by atoms with E-state index in [-0.39, 0.29) is 5.91 Å². The molecule has 1 aromatic rings. The topological polar surface area (TPSA) is 46.6 Å². The zero-order valence-corrected chi connectivity index (χ0v) is 10.00. The van der Waals surface area contributed by atoms with Gasteiger partial charge in [-0.05, 0) is 12.1 Å². The molecule has 18 heavy (non-hydrogen) atoms. The number of methoxy groups -OCH3 is 1. The van der Waals surface area contributed by atoms with E-state index in [2.05, 4.69) is 4.74 Å². The molecule has 0 aliphatic carbocycles. The second-order valence-corrected chi connectivity index (χ2v) is 3.81. The summed E-state index contributed by atoms with van der Waals surface area (Å²) < 4.78 is 4.64. The highest BCUT2D eigenvalue weighted by molar-refractivity contribution is 5.97. The van der Waals surface area contributed by atoms with Crippen LogP contribution in [0.3, 0.4) is 0 Å². The van der Waals surface area contributed by atoms with Gasteiger partial charge in [0.15, 0.2) is 0 Å². The van der Waals surface area contributed by atoms with Crippen LogP contribution in [0.2, 0.25) is 0 Å². The molecular weight excluding hydrogens is 230 g/mol. The third-order valence-corrected chi connectivity index (χ3v) is 2.60. The van der Waals surface area contributed by atoms with Gasteiger partial charge >= 0.3 is 5.97 Å². The van der Waals surface area contributed by atoms with Crippen LogP contribution in [0.15, 0.2) is 54.4 Å². The van der Waals surface area contributed by atoms with Crippen LogP contribution in [0.5, 0.6) is 0 Å². The largest absolute Gasteiger partial charge is 0.466 e. The molecule has 2 rings (SSSR count). The number of esters is 1. The number of carbonyl (C=O) groups excluding carboxylic acids is 2. The zero-order valence-electron chi connectivity index (χ0n) is 10.00. The van der Waals surface area contributed by atoms with Gasteiger partial charge in [-0.25, -0.2) is 4.79 Å². The summed E-state index contributed by atoms with van der Waals surface area (Å²) in [6, 6.07) is 8.91. The summed E-state index contributed by atoms with van der Waals surface area (Å²) >= 11 is 0. The Hall–Kier alpha value is -2.36. The Balaban J connectivity index is 2.21. The lowest BCUT2D eigenvalue weighted by Crippen LogP contribution is -2.24. The summed E-state index contributed by atoms with van der Waals surface area (Å²) in [6.07, 6.45) is 5.40. The molecule has 0 atom stereocenters. The first-order chi connectivity index (χ1) is 8.72. The van der Waals surface area contributed by atoms with E-state index in [1.165, 1.54) is 18.2 Å². The monoisotopic (exact) mass is 243 g/mol. The van der Waals surface area contributed by atoms with Crippen molar-refractivity contribution in [1.82, 2.24) is 4.90 Å². The van der Waals surface area contributed by atoms with Crippen LogP contribution in [-0.2, 0) is 9.53 Å². The molecule has 0 radical (unpaired) electrons. The minimum atomic E-state index is -0.412. The van der Waals surface area contributed by atoms with Crippen molar-refractivity contribution in [3.8, 4) is 0 Å². The fourth-order valence-electron chi connectivity index (χ4n) is 1.68. The molecule has 0 spiro atoms. The zero-order chi connectivity index (χ0) is 13.0. The maximum atomic E-state index is 12.1. The van der Waals surface area contributed by atoms with Gasteiger partial charge in [-0.3, -0.25) is 9.69 Å². The Morgan fingerprint density at radius 2 is 1.94 bits per heavy atom. The molecule has 0 N–H and O–H groups in total. The van der Waals surface area contributed by atoms with Crippen molar-refractivity contribution in [2.45, 2.75) is 6.42 Å². The van der Waals surface area contributed by atoms with E-state index in [0.29, 0.717) is 17.6 Å². The number of carbonyl (C=O) groups is 2. The van der Waals surface area contributed by atoms with Crippen molar-refractivity contribution in [1.29, 1.82) is 0 Å². The number of benzene rings is 1. The van der Waals surface area contributed by atoms with Crippen molar-refractivity contribution in [3.63, 3.8) is 0 Å². The molecule has 92 valence electrons. The van der Waals surface area contributed by atoms with Crippen molar-refractivity contribution in [3.05, 3.63) is 59.9 Å². The van der Waals surface area contributed by atoms with Crippen LogP contribution in [0, 0.1) is 0 Å². The Morgan fingerprint density at radius 3 is 2.61 bits per heavy atom. The Kier molecular flexibility index (Phi) is 3.57. The Labute approximate surface area is 105 Å². The van der Waals surface area contributed by atoms with Gasteiger partial charge in [-0.1, -0.05) is 24.3 Å². The molecule has 0 bridgehead atoms. The van der Waals surface area contributed by atoms with Gasteiger partial charge in [-0.2, -0.15) is 0 Å². The number of hydrogen-bond acceptors (Lipinski definition) is 3. The normalized spacial score (nSPS) is 14.1. The summed E-state index contributed by atoms with van der Waals surface area (Å²) in [6.45, 7) is 0. The van der Waals surface area contributed by atoms with E-state index in [1.54, 1.807) is 36.5 Å². The van der Waals surface area contributed by atoms with Crippen molar-refractivity contribution >= 4 is 11.9 Å². The Morgan fingerprint density at radius 1 is 1.22 bits per heavy atom. The molecule has 1 amide bonds. The lowest BCUT2D eigenvalue weighted by atomic mass is 10.1. The molecule has 0 fully saturated rings. The van der Waals surface area contributed by atoms with Crippen LogP contribution < -0.4 is 0 Å². The summed E-state index contributed by atoms with van der Waals surface area (Å²) in [4.78, 5) is 24.9. The maximum Gasteiger partial charge on any atom is 0.335 e. The lowest BCUT2D eigenvalue weighted by Gasteiger charge is -2.18. The predicted octanol–water partition coefficient (Wildman–Crippen LogP) is 2.10. The first-order valence-electron chi connectivity index (χ1n) is 5.56. The van der Waals surface area contributed by atoms with E-state index in [9.17, 15) is 9.59 Å². The SMILES string of the molecule is COC(=O)C1=CN(C(=O)c2ccccc2)C=CC1. The highest BCUT2D eigenvalue weighted by Crippen LogP contribution is 2.16. The highest BCUT2D eigenvalue weighted by atomic mass is 16.5. The standard InChI is InChI=1S/C14H13NO3/c1-18-14(17)12-8-5-9-15(10-12)13(16)11-6-3-2-4-7-11/h2-7,9-10H,8H2,1H3. The van der Waals surface area contributed by atoms with E-state index < -0.39 is 5.97 Å². The molecule has 1 heterocycles. The van der Waals surface area contributed by atoms with E-state index in [0.717, 1.165) is 0 Å². The van der Waals surface area contributed by atoms with Gasteiger partial charge in [0.1, 0.15) is 0 Å². The minimum Gasteiger partial charge on any atom is -0.466 e. The quantitative estimate of drug-likeness (QED) is 0.747. The first-order valence-corrected chi connectivity index (χ1v) is 5.56. The van der Waals surface area contributed by atoms with Crippen molar-refractivity contribution in [2.75, 3.05) is 7.11 Å². The highest BCUT2D eigenvalue weighted by Gasteiger charge is 2.18. The fourth-order valence-corrected chi connectivity index (χ4v) is 1.68. The Bertz CT molecular complexity index is 517. The summed E-state index contributed by atoms with van der Waals surface area (Å²) in [5, 5.41) is 0. The minimum absolute atomic E-state index is 0.173. The number of hydrogen-bond donors (Lipinski definition) is 0. The third kappa shape index (κ3) is 2.48. The first kappa shape index (κ1) is 12.1. The number of amides is 1. The average molecular weight is 243 g/mol. The van der Waals surface area contributed by atoms with Crippen molar-refractivity contribution in [2.24, 2.45) is 0 Å².